The number of aliphatic hydroxyl groups is 1. The smallest absolute Gasteiger partial charge is 0.0512 e. The molecule has 102 valence electrons. The lowest BCUT2D eigenvalue weighted by Crippen LogP contribution is -2.34. The first-order chi connectivity index (χ1) is 8.09. The number of rotatable bonds is 6. The minimum absolute atomic E-state index is 0.151. The molecule has 1 saturated heterocycles. The molecule has 0 aromatic heterocycles. The Hall–Kier alpha value is -0.120. The van der Waals surface area contributed by atoms with E-state index in [4.69, 9.17) is 0 Å². The molecular weight excluding hydrogens is 212 g/mol. The highest BCUT2D eigenvalue weighted by Crippen LogP contribution is 2.13. The average molecular weight is 242 g/mol. The van der Waals surface area contributed by atoms with E-state index in [1.807, 2.05) is 6.92 Å². The van der Waals surface area contributed by atoms with Crippen LogP contribution in [0.15, 0.2) is 0 Å². The van der Waals surface area contributed by atoms with Crippen LogP contribution in [0.1, 0.15) is 52.9 Å². The first-order valence-corrected chi connectivity index (χ1v) is 7.25. The van der Waals surface area contributed by atoms with Crippen molar-refractivity contribution in [2.75, 3.05) is 19.6 Å². The highest BCUT2D eigenvalue weighted by atomic mass is 16.3. The van der Waals surface area contributed by atoms with Crippen molar-refractivity contribution in [3.63, 3.8) is 0 Å². The van der Waals surface area contributed by atoms with E-state index >= 15 is 0 Å². The van der Waals surface area contributed by atoms with Crippen LogP contribution in [0, 0.1) is 0 Å². The second kappa shape index (κ2) is 8.06. The number of likely N-dealkylation sites (tertiary alicyclic amines) is 1. The average Bonchev–Trinajstić information content (AvgIpc) is 2.49. The van der Waals surface area contributed by atoms with Crippen LogP contribution in [0.2, 0.25) is 0 Å². The van der Waals surface area contributed by atoms with Gasteiger partial charge in [0.1, 0.15) is 0 Å². The molecule has 0 amide bonds. The normalized spacial score (nSPS) is 24.9. The topological polar surface area (TPSA) is 35.5 Å². The van der Waals surface area contributed by atoms with Crippen LogP contribution in [-0.2, 0) is 0 Å². The molecule has 1 aliphatic heterocycles. The predicted octanol–water partition coefficient (Wildman–Crippen LogP) is 2.00. The summed E-state index contributed by atoms with van der Waals surface area (Å²) >= 11 is 0. The lowest BCUT2D eigenvalue weighted by atomic mass is 10.1. The van der Waals surface area contributed by atoms with Crippen molar-refractivity contribution >= 4 is 0 Å². The molecule has 0 saturated carbocycles. The summed E-state index contributed by atoms with van der Waals surface area (Å²) in [5, 5.41) is 12.8. The van der Waals surface area contributed by atoms with Gasteiger partial charge in [0.2, 0.25) is 0 Å². The van der Waals surface area contributed by atoms with Gasteiger partial charge in [-0.15, -0.1) is 0 Å². The van der Waals surface area contributed by atoms with Gasteiger partial charge in [0.25, 0.3) is 0 Å². The summed E-state index contributed by atoms with van der Waals surface area (Å²) in [4.78, 5) is 2.58. The third-order valence-electron chi connectivity index (χ3n) is 3.72. The van der Waals surface area contributed by atoms with Crippen LogP contribution in [-0.4, -0.2) is 47.8 Å². The first-order valence-electron chi connectivity index (χ1n) is 7.25. The van der Waals surface area contributed by atoms with E-state index in [1.165, 1.54) is 32.4 Å². The molecule has 3 heteroatoms. The fourth-order valence-corrected chi connectivity index (χ4v) is 2.54. The van der Waals surface area contributed by atoms with Gasteiger partial charge in [-0.1, -0.05) is 0 Å². The summed E-state index contributed by atoms with van der Waals surface area (Å²) in [5.74, 6) is 0. The monoisotopic (exact) mass is 242 g/mol. The molecule has 1 heterocycles. The van der Waals surface area contributed by atoms with Crippen molar-refractivity contribution in [3.8, 4) is 0 Å². The third kappa shape index (κ3) is 6.39. The molecular formula is C14H30N2O. The van der Waals surface area contributed by atoms with Crippen molar-refractivity contribution in [1.29, 1.82) is 0 Å². The van der Waals surface area contributed by atoms with E-state index in [0.717, 1.165) is 19.4 Å². The van der Waals surface area contributed by atoms with Crippen LogP contribution in [0.5, 0.6) is 0 Å². The molecule has 1 rings (SSSR count). The largest absolute Gasteiger partial charge is 0.393 e. The Morgan fingerprint density at radius 2 is 2.00 bits per heavy atom. The minimum Gasteiger partial charge on any atom is -0.393 e. The standard InChI is InChI=1S/C14H30N2O/c1-12(2)16-10-5-7-14(8-11-16)15-9-4-6-13(3)17/h12-15,17H,4-11H2,1-3H3. The fourth-order valence-electron chi connectivity index (χ4n) is 2.54. The van der Waals surface area contributed by atoms with Crippen molar-refractivity contribution in [1.82, 2.24) is 10.2 Å². The zero-order chi connectivity index (χ0) is 12.7. The van der Waals surface area contributed by atoms with Gasteiger partial charge in [-0.3, -0.25) is 0 Å². The van der Waals surface area contributed by atoms with Gasteiger partial charge in [-0.05, 0) is 72.5 Å². The number of hydrogen-bond acceptors (Lipinski definition) is 3. The lowest BCUT2D eigenvalue weighted by Gasteiger charge is -2.24. The minimum atomic E-state index is -0.151. The van der Waals surface area contributed by atoms with Crippen molar-refractivity contribution in [2.24, 2.45) is 0 Å². The Kier molecular flexibility index (Phi) is 7.09. The maximum Gasteiger partial charge on any atom is 0.0512 e. The van der Waals surface area contributed by atoms with Crippen molar-refractivity contribution < 1.29 is 5.11 Å². The molecule has 2 N–H and O–H groups in total. The van der Waals surface area contributed by atoms with Crippen LogP contribution in [0.25, 0.3) is 0 Å². The maximum absolute atomic E-state index is 9.20. The van der Waals surface area contributed by atoms with Gasteiger partial charge in [0.05, 0.1) is 6.10 Å². The second-order valence-corrected chi connectivity index (χ2v) is 5.70. The van der Waals surface area contributed by atoms with Gasteiger partial charge in [-0.25, -0.2) is 0 Å². The molecule has 0 aromatic rings. The van der Waals surface area contributed by atoms with Crippen LogP contribution >= 0.6 is 0 Å². The SMILES string of the molecule is CC(O)CCCNC1CCCN(C(C)C)CC1. The molecule has 0 aromatic carbocycles. The highest BCUT2D eigenvalue weighted by molar-refractivity contribution is 4.76. The summed E-state index contributed by atoms with van der Waals surface area (Å²) in [6.45, 7) is 9.98. The van der Waals surface area contributed by atoms with E-state index in [2.05, 4.69) is 24.1 Å². The number of aliphatic hydroxyl groups excluding tert-OH is 1. The van der Waals surface area contributed by atoms with Crippen molar-refractivity contribution in [3.05, 3.63) is 0 Å². The zero-order valence-electron chi connectivity index (χ0n) is 11.8. The molecule has 3 nitrogen and oxygen atoms in total. The highest BCUT2D eigenvalue weighted by Gasteiger charge is 2.17. The van der Waals surface area contributed by atoms with E-state index in [-0.39, 0.29) is 6.10 Å². The van der Waals surface area contributed by atoms with Gasteiger partial charge in [0, 0.05) is 12.1 Å². The number of nitrogens with zero attached hydrogens (tertiary/aromatic N) is 1. The molecule has 1 fully saturated rings. The zero-order valence-corrected chi connectivity index (χ0v) is 11.8. The summed E-state index contributed by atoms with van der Waals surface area (Å²) in [5.41, 5.74) is 0. The Morgan fingerprint density at radius 3 is 2.65 bits per heavy atom. The summed E-state index contributed by atoms with van der Waals surface area (Å²) in [7, 11) is 0. The summed E-state index contributed by atoms with van der Waals surface area (Å²) < 4.78 is 0. The third-order valence-corrected chi connectivity index (χ3v) is 3.72. The van der Waals surface area contributed by atoms with Crippen molar-refractivity contribution in [2.45, 2.75) is 71.1 Å². The van der Waals surface area contributed by atoms with Gasteiger partial charge < -0.3 is 15.3 Å². The molecule has 0 bridgehead atoms. The molecule has 17 heavy (non-hydrogen) atoms. The van der Waals surface area contributed by atoms with Crippen LogP contribution in [0.4, 0.5) is 0 Å². The number of hydrogen-bond donors (Lipinski definition) is 2. The summed E-state index contributed by atoms with van der Waals surface area (Å²) in [6, 6.07) is 1.37. The Labute approximate surface area is 107 Å². The van der Waals surface area contributed by atoms with E-state index < -0.39 is 0 Å². The van der Waals surface area contributed by atoms with E-state index in [9.17, 15) is 5.11 Å². The molecule has 2 unspecified atom stereocenters. The molecule has 2 atom stereocenters. The number of nitrogens with one attached hydrogen (secondary N) is 1. The van der Waals surface area contributed by atoms with Gasteiger partial charge in [0.15, 0.2) is 0 Å². The molecule has 0 aliphatic carbocycles. The van der Waals surface area contributed by atoms with Gasteiger partial charge in [-0.2, -0.15) is 0 Å². The van der Waals surface area contributed by atoms with Gasteiger partial charge >= 0.3 is 0 Å². The predicted molar refractivity (Wildman–Crippen MR) is 73.3 cm³/mol. The molecule has 1 aliphatic rings. The molecule has 0 radical (unpaired) electrons. The van der Waals surface area contributed by atoms with Crippen LogP contribution in [0.3, 0.4) is 0 Å². The van der Waals surface area contributed by atoms with E-state index in [1.54, 1.807) is 0 Å². The fraction of sp³-hybridized carbons (Fsp3) is 1.00. The van der Waals surface area contributed by atoms with Crippen LogP contribution < -0.4 is 5.32 Å². The Balaban J connectivity index is 2.14. The maximum atomic E-state index is 9.20. The second-order valence-electron chi connectivity index (χ2n) is 5.70. The first kappa shape index (κ1) is 14.9. The summed E-state index contributed by atoms with van der Waals surface area (Å²) in [6.07, 6.45) is 5.74. The lowest BCUT2D eigenvalue weighted by molar-refractivity contribution is 0.180. The Bertz CT molecular complexity index is 195. The molecule has 0 spiro atoms. The van der Waals surface area contributed by atoms with E-state index in [0.29, 0.717) is 12.1 Å². The quantitative estimate of drug-likeness (QED) is 0.699. The Morgan fingerprint density at radius 1 is 1.24 bits per heavy atom.